The summed E-state index contributed by atoms with van der Waals surface area (Å²) in [6.45, 7) is 0. The standard InChI is InChI=1S/C9H6ClN3O2/c10-7(12-14)9-11-8(13-15-9)6-4-2-1-3-5-6/h1-5,14H. The van der Waals surface area contributed by atoms with Gasteiger partial charge in [-0.1, -0.05) is 52.2 Å². The molecule has 0 radical (unpaired) electrons. The van der Waals surface area contributed by atoms with Gasteiger partial charge in [-0.3, -0.25) is 0 Å². The number of aromatic nitrogens is 2. The zero-order valence-corrected chi connectivity index (χ0v) is 8.22. The van der Waals surface area contributed by atoms with Gasteiger partial charge in [0.2, 0.25) is 11.0 Å². The van der Waals surface area contributed by atoms with Crippen LogP contribution in [0, 0.1) is 0 Å². The Bertz CT molecular complexity index is 481. The fourth-order valence-corrected chi connectivity index (χ4v) is 1.13. The molecule has 76 valence electrons. The van der Waals surface area contributed by atoms with Gasteiger partial charge in [0.15, 0.2) is 0 Å². The van der Waals surface area contributed by atoms with Crippen LogP contribution < -0.4 is 0 Å². The zero-order valence-electron chi connectivity index (χ0n) is 7.46. The van der Waals surface area contributed by atoms with Gasteiger partial charge in [-0.15, -0.1) is 0 Å². The van der Waals surface area contributed by atoms with Gasteiger partial charge in [0.25, 0.3) is 5.89 Å². The average molecular weight is 224 g/mol. The first kappa shape index (κ1) is 9.67. The molecule has 0 unspecified atom stereocenters. The molecule has 2 rings (SSSR count). The third-order valence-corrected chi connectivity index (χ3v) is 1.96. The molecule has 2 aromatic rings. The minimum absolute atomic E-state index is 0.0157. The lowest BCUT2D eigenvalue weighted by Crippen LogP contribution is -1.90. The lowest BCUT2D eigenvalue weighted by molar-refractivity contribution is 0.317. The molecule has 0 atom stereocenters. The van der Waals surface area contributed by atoms with Gasteiger partial charge in [0, 0.05) is 5.56 Å². The van der Waals surface area contributed by atoms with Gasteiger partial charge in [0.05, 0.1) is 0 Å². The maximum Gasteiger partial charge on any atom is 0.292 e. The number of hydrogen-bond acceptors (Lipinski definition) is 5. The van der Waals surface area contributed by atoms with Crippen LogP contribution in [0.1, 0.15) is 5.89 Å². The van der Waals surface area contributed by atoms with E-state index in [0.717, 1.165) is 5.56 Å². The second-order valence-corrected chi connectivity index (χ2v) is 3.04. The van der Waals surface area contributed by atoms with E-state index in [0.29, 0.717) is 5.82 Å². The predicted octanol–water partition coefficient (Wildman–Crippen LogP) is 2.11. The van der Waals surface area contributed by atoms with E-state index in [1.165, 1.54) is 0 Å². The molecule has 6 heteroatoms. The van der Waals surface area contributed by atoms with Gasteiger partial charge in [-0.2, -0.15) is 4.98 Å². The minimum Gasteiger partial charge on any atom is -0.409 e. The maximum absolute atomic E-state index is 8.40. The van der Waals surface area contributed by atoms with E-state index in [1.807, 2.05) is 30.3 Å². The Labute approximate surface area is 90.0 Å². The molecule has 15 heavy (non-hydrogen) atoms. The fourth-order valence-electron chi connectivity index (χ4n) is 1.05. The molecule has 0 spiro atoms. The number of rotatable bonds is 2. The number of benzene rings is 1. The average Bonchev–Trinajstić information content (AvgIpc) is 2.78. The number of nitrogens with zero attached hydrogens (tertiary/aromatic N) is 3. The summed E-state index contributed by atoms with van der Waals surface area (Å²) in [5, 5.41) is 14.6. The highest BCUT2D eigenvalue weighted by Crippen LogP contribution is 2.15. The first-order chi connectivity index (χ1) is 7.31. The smallest absolute Gasteiger partial charge is 0.292 e. The molecule has 0 bridgehead atoms. The maximum atomic E-state index is 8.40. The SMILES string of the molecule is ON=C(Cl)c1nc(-c2ccccc2)no1. The largest absolute Gasteiger partial charge is 0.409 e. The number of hydrogen-bond donors (Lipinski definition) is 1. The van der Waals surface area contributed by atoms with Crippen molar-refractivity contribution in [2.75, 3.05) is 0 Å². The van der Waals surface area contributed by atoms with E-state index in [2.05, 4.69) is 15.3 Å². The van der Waals surface area contributed by atoms with Crippen molar-refractivity contribution in [1.29, 1.82) is 0 Å². The molecule has 1 heterocycles. The molecule has 0 saturated heterocycles. The lowest BCUT2D eigenvalue weighted by Gasteiger charge is -1.89. The summed E-state index contributed by atoms with van der Waals surface area (Å²) in [5.41, 5.74) is 0.801. The van der Waals surface area contributed by atoms with Crippen LogP contribution in [0.2, 0.25) is 0 Å². The monoisotopic (exact) mass is 223 g/mol. The molecule has 1 N–H and O–H groups in total. The van der Waals surface area contributed by atoms with Crippen molar-refractivity contribution in [2.24, 2.45) is 5.16 Å². The van der Waals surface area contributed by atoms with E-state index in [-0.39, 0.29) is 11.1 Å². The summed E-state index contributed by atoms with van der Waals surface area (Å²) in [4.78, 5) is 3.95. The molecule has 5 nitrogen and oxygen atoms in total. The molecular weight excluding hydrogens is 218 g/mol. The van der Waals surface area contributed by atoms with E-state index < -0.39 is 0 Å². The Morgan fingerprint density at radius 1 is 1.33 bits per heavy atom. The van der Waals surface area contributed by atoms with E-state index in [1.54, 1.807) is 0 Å². The first-order valence-corrected chi connectivity index (χ1v) is 4.46. The van der Waals surface area contributed by atoms with E-state index in [4.69, 9.17) is 21.3 Å². The van der Waals surface area contributed by atoms with Crippen molar-refractivity contribution in [1.82, 2.24) is 10.1 Å². The second kappa shape index (κ2) is 4.10. The molecule has 0 aliphatic carbocycles. The normalized spacial score (nSPS) is 11.7. The van der Waals surface area contributed by atoms with E-state index >= 15 is 0 Å². The summed E-state index contributed by atoms with van der Waals surface area (Å²) in [7, 11) is 0. The van der Waals surface area contributed by atoms with Crippen LogP contribution in [0.3, 0.4) is 0 Å². The Morgan fingerprint density at radius 3 is 2.73 bits per heavy atom. The van der Waals surface area contributed by atoms with Crippen LogP contribution in [0.15, 0.2) is 40.0 Å². The van der Waals surface area contributed by atoms with E-state index in [9.17, 15) is 0 Å². The predicted molar refractivity (Wildman–Crippen MR) is 53.9 cm³/mol. The highest BCUT2D eigenvalue weighted by molar-refractivity contribution is 6.68. The molecule has 0 saturated carbocycles. The van der Waals surface area contributed by atoms with Crippen LogP contribution in [0.4, 0.5) is 0 Å². The summed E-state index contributed by atoms with van der Waals surface area (Å²) >= 11 is 5.50. The van der Waals surface area contributed by atoms with Crippen LogP contribution in [0.25, 0.3) is 11.4 Å². The Balaban J connectivity index is 2.36. The summed E-state index contributed by atoms with van der Waals surface area (Å²) in [6.07, 6.45) is 0. The second-order valence-electron chi connectivity index (χ2n) is 2.68. The van der Waals surface area contributed by atoms with Gasteiger partial charge < -0.3 is 9.73 Å². The van der Waals surface area contributed by atoms with Gasteiger partial charge >= 0.3 is 0 Å². The van der Waals surface area contributed by atoms with Gasteiger partial charge in [0.1, 0.15) is 0 Å². The van der Waals surface area contributed by atoms with Crippen molar-refractivity contribution >= 4 is 16.8 Å². The van der Waals surface area contributed by atoms with Crippen molar-refractivity contribution in [3.8, 4) is 11.4 Å². The lowest BCUT2D eigenvalue weighted by atomic mass is 10.2. The molecule has 1 aromatic heterocycles. The van der Waals surface area contributed by atoms with Gasteiger partial charge in [-0.05, 0) is 0 Å². The van der Waals surface area contributed by atoms with Crippen molar-refractivity contribution in [3.05, 3.63) is 36.2 Å². The summed E-state index contributed by atoms with van der Waals surface area (Å²) < 4.78 is 4.79. The molecular formula is C9H6ClN3O2. The Morgan fingerprint density at radius 2 is 2.07 bits per heavy atom. The van der Waals surface area contributed by atoms with Crippen molar-refractivity contribution in [2.45, 2.75) is 0 Å². The molecule has 0 aliphatic heterocycles. The quantitative estimate of drug-likeness (QED) is 0.481. The minimum atomic E-state index is -0.232. The molecule has 0 aliphatic rings. The molecule has 0 amide bonds. The van der Waals surface area contributed by atoms with Crippen molar-refractivity contribution in [3.63, 3.8) is 0 Å². The number of oxime groups is 1. The van der Waals surface area contributed by atoms with Crippen LogP contribution in [0.5, 0.6) is 0 Å². The van der Waals surface area contributed by atoms with Crippen LogP contribution in [-0.4, -0.2) is 20.5 Å². The third-order valence-electron chi connectivity index (χ3n) is 1.72. The highest BCUT2D eigenvalue weighted by atomic mass is 35.5. The topological polar surface area (TPSA) is 71.5 Å². The fraction of sp³-hybridized carbons (Fsp3) is 0. The zero-order chi connectivity index (χ0) is 10.7. The summed E-state index contributed by atoms with van der Waals surface area (Å²) in [6, 6.07) is 9.25. The third kappa shape index (κ3) is 1.97. The van der Waals surface area contributed by atoms with Gasteiger partial charge in [-0.25, -0.2) is 0 Å². The Kier molecular flexibility index (Phi) is 2.64. The number of halogens is 1. The Hall–Kier alpha value is -1.88. The van der Waals surface area contributed by atoms with Crippen LogP contribution >= 0.6 is 11.6 Å². The first-order valence-electron chi connectivity index (χ1n) is 4.08. The molecule has 0 fully saturated rings. The summed E-state index contributed by atoms with van der Waals surface area (Å²) in [5.74, 6) is 0.380. The molecule has 1 aromatic carbocycles. The highest BCUT2D eigenvalue weighted by Gasteiger charge is 2.12. The van der Waals surface area contributed by atoms with Crippen LogP contribution in [-0.2, 0) is 0 Å². The van der Waals surface area contributed by atoms with Crippen molar-refractivity contribution < 1.29 is 9.73 Å².